The average Bonchev–Trinajstić information content (AvgIpc) is 3.11. The van der Waals surface area contributed by atoms with Gasteiger partial charge in [-0.15, -0.1) is 0 Å². The Morgan fingerprint density at radius 2 is 1.91 bits per heavy atom. The zero-order chi connectivity index (χ0) is 24.1. The van der Waals surface area contributed by atoms with Gasteiger partial charge in [-0.25, -0.2) is 0 Å². The van der Waals surface area contributed by atoms with E-state index < -0.39 is 5.91 Å². The van der Waals surface area contributed by atoms with Crippen LogP contribution in [0.5, 0.6) is 5.75 Å². The van der Waals surface area contributed by atoms with Gasteiger partial charge >= 0.3 is 0 Å². The summed E-state index contributed by atoms with van der Waals surface area (Å²) in [6.45, 7) is 3.75. The third-order valence-corrected chi connectivity index (χ3v) is 6.58. The van der Waals surface area contributed by atoms with Gasteiger partial charge in [-0.2, -0.15) is 0 Å². The number of halogens is 2. The fourth-order valence-corrected chi connectivity index (χ4v) is 4.23. The topological polar surface area (TPSA) is 95.2 Å². The van der Waals surface area contributed by atoms with E-state index in [0.717, 1.165) is 31.5 Å². The fraction of sp³-hybridized carbons (Fsp3) is 0.280. The molecule has 2 amide bonds. The highest BCUT2D eigenvalue weighted by Gasteiger charge is 2.20. The average molecular weight is 501 g/mol. The molecule has 2 aromatic carbocycles. The van der Waals surface area contributed by atoms with Crippen molar-refractivity contribution in [2.45, 2.75) is 32.4 Å². The Morgan fingerprint density at radius 1 is 1.09 bits per heavy atom. The van der Waals surface area contributed by atoms with Gasteiger partial charge in [-0.3, -0.25) is 9.59 Å². The number of ether oxygens (including phenoxy) is 1. The number of hydrogen-bond donors (Lipinski definition) is 4. The molecule has 3 aromatic rings. The van der Waals surface area contributed by atoms with Crippen molar-refractivity contribution in [2.24, 2.45) is 0 Å². The molecule has 7 nitrogen and oxygen atoms in total. The smallest absolute Gasteiger partial charge is 0.273 e. The van der Waals surface area contributed by atoms with Crippen LogP contribution in [0.15, 0.2) is 48.5 Å². The Balaban J connectivity index is 1.41. The van der Waals surface area contributed by atoms with E-state index in [1.54, 1.807) is 31.2 Å². The quantitative estimate of drug-likeness (QED) is 0.369. The molecule has 0 saturated carbocycles. The molecule has 1 atom stereocenters. The van der Waals surface area contributed by atoms with E-state index in [-0.39, 0.29) is 29.3 Å². The molecule has 4 rings (SSSR count). The first-order valence-corrected chi connectivity index (χ1v) is 11.8. The largest absolute Gasteiger partial charge is 0.487 e. The van der Waals surface area contributed by atoms with Crippen LogP contribution in [0.4, 0.5) is 5.69 Å². The standard InChI is InChI=1S/C25H26Cl2N4O3/c1-15-21(26)22(27)23(29-15)25(33)31-19-9-2-3-10-20(19)34-14-16-6-4-7-17(12-16)24(32)30-18-8-5-11-28-13-18/h2-4,6-7,9-10,12,18,28-29H,5,8,11,13-14H2,1H3,(H,30,32)(H,31,33). The Morgan fingerprint density at radius 3 is 2.65 bits per heavy atom. The van der Waals surface area contributed by atoms with Crippen LogP contribution in [0.25, 0.3) is 0 Å². The summed E-state index contributed by atoms with van der Waals surface area (Å²) in [5, 5.41) is 9.68. The molecule has 4 N–H and O–H groups in total. The minimum Gasteiger partial charge on any atom is -0.487 e. The summed E-state index contributed by atoms with van der Waals surface area (Å²) in [5.74, 6) is -0.0311. The molecule has 0 spiro atoms. The molecule has 0 radical (unpaired) electrons. The van der Waals surface area contributed by atoms with E-state index in [1.807, 2.05) is 24.3 Å². The number of aromatic amines is 1. The Hall–Kier alpha value is -3.00. The second-order valence-corrected chi connectivity index (χ2v) is 8.96. The van der Waals surface area contributed by atoms with E-state index >= 15 is 0 Å². The highest BCUT2D eigenvalue weighted by atomic mass is 35.5. The van der Waals surface area contributed by atoms with Gasteiger partial charge in [0.25, 0.3) is 11.8 Å². The highest BCUT2D eigenvalue weighted by Crippen LogP contribution is 2.31. The molecular weight excluding hydrogens is 475 g/mol. The van der Waals surface area contributed by atoms with Crippen molar-refractivity contribution in [1.29, 1.82) is 0 Å². The van der Waals surface area contributed by atoms with Gasteiger partial charge in [-0.1, -0.05) is 47.5 Å². The summed E-state index contributed by atoms with van der Waals surface area (Å²) < 4.78 is 5.98. The number of carbonyl (C=O) groups excluding carboxylic acids is 2. The molecule has 0 bridgehead atoms. The molecule has 1 saturated heterocycles. The van der Waals surface area contributed by atoms with Crippen LogP contribution in [0.1, 0.15) is 44.9 Å². The number of aryl methyl sites for hydroxylation is 1. The van der Waals surface area contributed by atoms with Gasteiger partial charge in [0, 0.05) is 23.8 Å². The van der Waals surface area contributed by atoms with E-state index in [0.29, 0.717) is 27.7 Å². The highest BCUT2D eigenvalue weighted by molar-refractivity contribution is 6.44. The predicted octanol–water partition coefficient (Wildman–Crippen LogP) is 4.94. The summed E-state index contributed by atoms with van der Waals surface area (Å²) in [6.07, 6.45) is 2.03. The maximum atomic E-state index is 12.7. The second-order valence-electron chi connectivity index (χ2n) is 8.21. The Bertz CT molecular complexity index is 1190. The van der Waals surface area contributed by atoms with E-state index in [2.05, 4.69) is 20.9 Å². The van der Waals surface area contributed by atoms with Gasteiger partial charge in [-0.05, 0) is 56.1 Å². The molecule has 1 aliphatic rings. The van der Waals surface area contributed by atoms with Crippen molar-refractivity contribution in [3.63, 3.8) is 0 Å². The minimum atomic E-state index is -0.424. The van der Waals surface area contributed by atoms with E-state index in [9.17, 15) is 9.59 Å². The lowest BCUT2D eigenvalue weighted by Crippen LogP contribution is -2.45. The zero-order valence-electron chi connectivity index (χ0n) is 18.7. The van der Waals surface area contributed by atoms with Gasteiger partial charge in [0.15, 0.2) is 0 Å². The maximum absolute atomic E-state index is 12.7. The minimum absolute atomic E-state index is 0.0972. The first kappa shape index (κ1) is 24.1. The van der Waals surface area contributed by atoms with Crippen LogP contribution >= 0.6 is 23.2 Å². The van der Waals surface area contributed by atoms with E-state index in [4.69, 9.17) is 27.9 Å². The Labute approximate surface area is 208 Å². The third kappa shape index (κ3) is 5.73. The molecule has 9 heteroatoms. The molecule has 1 aliphatic heterocycles. The van der Waals surface area contributed by atoms with Gasteiger partial charge in [0.2, 0.25) is 0 Å². The van der Waals surface area contributed by atoms with Gasteiger partial charge in [0.1, 0.15) is 18.1 Å². The third-order valence-electron chi connectivity index (χ3n) is 5.63. The van der Waals surface area contributed by atoms with Crippen molar-refractivity contribution in [3.8, 4) is 5.75 Å². The summed E-state index contributed by atoms with van der Waals surface area (Å²) in [4.78, 5) is 28.3. The number of nitrogens with one attached hydrogen (secondary N) is 4. The summed E-state index contributed by atoms with van der Waals surface area (Å²) >= 11 is 12.3. The van der Waals surface area contributed by atoms with Crippen LogP contribution in [-0.4, -0.2) is 35.9 Å². The SMILES string of the molecule is Cc1[nH]c(C(=O)Nc2ccccc2OCc2cccc(C(=O)NC3CCCNC3)c2)c(Cl)c1Cl. The van der Waals surface area contributed by atoms with Gasteiger partial charge < -0.3 is 25.7 Å². The number of piperidine rings is 1. The number of aromatic nitrogens is 1. The lowest BCUT2D eigenvalue weighted by atomic mass is 10.1. The van der Waals surface area contributed by atoms with Crippen LogP contribution in [0.2, 0.25) is 10.0 Å². The number of rotatable bonds is 7. The number of anilines is 1. The van der Waals surface area contributed by atoms with Crippen molar-refractivity contribution in [3.05, 3.63) is 81.1 Å². The summed E-state index contributed by atoms with van der Waals surface area (Å²) in [7, 11) is 0. The van der Waals surface area contributed by atoms with Crippen LogP contribution < -0.4 is 20.7 Å². The molecule has 178 valence electrons. The first-order chi connectivity index (χ1) is 16.4. The fourth-order valence-electron chi connectivity index (χ4n) is 3.82. The van der Waals surface area contributed by atoms with Gasteiger partial charge in [0.05, 0.1) is 15.7 Å². The zero-order valence-corrected chi connectivity index (χ0v) is 20.2. The normalized spacial score (nSPS) is 15.6. The molecule has 2 heterocycles. The molecule has 1 aromatic heterocycles. The molecule has 34 heavy (non-hydrogen) atoms. The summed E-state index contributed by atoms with van der Waals surface area (Å²) in [6, 6.07) is 14.6. The summed E-state index contributed by atoms with van der Waals surface area (Å²) in [5.41, 5.74) is 2.72. The number of carbonyl (C=O) groups is 2. The van der Waals surface area contributed by atoms with E-state index in [1.165, 1.54) is 0 Å². The molecule has 0 aliphatic carbocycles. The lowest BCUT2D eigenvalue weighted by Gasteiger charge is -2.23. The van der Waals surface area contributed by atoms with Crippen LogP contribution in [-0.2, 0) is 6.61 Å². The molecular formula is C25H26Cl2N4O3. The monoisotopic (exact) mass is 500 g/mol. The second kappa shape index (κ2) is 11.0. The van der Waals surface area contributed by atoms with Crippen molar-refractivity contribution in [1.82, 2.24) is 15.6 Å². The van der Waals surface area contributed by atoms with Crippen molar-refractivity contribution >= 4 is 40.7 Å². The molecule has 1 fully saturated rings. The number of benzene rings is 2. The Kier molecular flexibility index (Phi) is 7.77. The molecule has 1 unspecified atom stereocenters. The predicted molar refractivity (Wildman–Crippen MR) is 134 cm³/mol. The van der Waals surface area contributed by atoms with Crippen LogP contribution in [0, 0.1) is 6.92 Å². The number of amides is 2. The first-order valence-electron chi connectivity index (χ1n) is 11.1. The number of hydrogen-bond acceptors (Lipinski definition) is 4. The van der Waals surface area contributed by atoms with Crippen LogP contribution in [0.3, 0.4) is 0 Å². The van der Waals surface area contributed by atoms with Crippen molar-refractivity contribution in [2.75, 3.05) is 18.4 Å². The lowest BCUT2D eigenvalue weighted by molar-refractivity contribution is 0.0929. The van der Waals surface area contributed by atoms with Crippen molar-refractivity contribution < 1.29 is 14.3 Å². The number of para-hydroxylation sites is 2. The maximum Gasteiger partial charge on any atom is 0.273 e. The number of H-pyrrole nitrogens is 1.